The van der Waals surface area contributed by atoms with Crippen molar-refractivity contribution in [3.63, 3.8) is 0 Å². The number of methoxy groups -OCH3 is 1. The van der Waals surface area contributed by atoms with Crippen LogP contribution in [0.1, 0.15) is 24.0 Å². The topological polar surface area (TPSA) is 88.2 Å². The number of hydrogen-bond donors (Lipinski definition) is 2. The number of amidine groups is 1. The van der Waals surface area contributed by atoms with Crippen molar-refractivity contribution in [2.75, 3.05) is 20.2 Å². The molecule has 6 heteroatoms. The number of carbonyl (C=O) groups excluding carboxylic acids is 1. The lowest BCUT2D eigenvalue weighted by Gasteiger charge is -2.32. The molecule has 6 nitrogen and oxygen atoms in total. The van der Waals surface area contributed by atoms with Crippen molar-refractivity contribution in [1.82, 2.24) is 4.90 Å². The molecular formula is C15H21N3O3. The number of rotatable bonds is 4. The molecular weight excluding hydrogens is 270 g/mol. The van der Waals surface area contributed by atoms with Crippen LogP contribution >= 0.6 is 0 Å². The van der Waals surface area contributed by atoms with E-state index in [9.17, 15) is 4.79 Å². The molecule has 1 saturated heterocycles. The largest absolute Gasteiger partial charge is 0.409 e. The van der Waals surface area contributed by atoms with Gasteiger partial charge in [0.05, 0.1) is 12.5 Å². The minimum atomic E-state index is 0.0619. The summed E-state index contributed by atoms with van der Waals surface area (Å²) >= 11 is 0. The second-order valence-electron chi connectivity index (χ2n) is 5.20. The molecule has 0 aromatic heterocycles. The van der Waals surface area contributed by atoms with E-state index in [-0.39, 0.29) is 17.8 Å². The first kappa shape index (κ1) is 15.3. The molecule has 0 spiro atoms. The summed E-state index contributed by atoms with van der Waals surface area (Å²) in [7, 11) is 1.69. The van der Waals surface area contributed by atoms with Crippen molar-refractivity contribution in [1.29, 1.82) is 0 Å². The van der Waals surface area contributed by atoms with E-state index in [1.165, 1.54) is 0 Å². The van der Waals surface area contributed by atoms with Crippen LogP contribution in [-0.4, -0.2) is 48.2 Å². The lowest BCUT2D eigenvalue weighted by atomic mass is 10.0. The Kier molecular flexibility index (Phi) is 5.16. The van der Waals surface area contributed by atoms with Crippen LogP contribution in [0.5, 0.6) is 0 Å². The fraction of sp³-hybridized carbons (Fsp3) is 0.467. The van der Waals surface area contributed by atoms with Gasteiger partial charge >= 0.3 is 0 Å². The number of carbonyl (C=O) groups is 1. The monoisotopic (exact) mass is 291 g/mol. The Labute approximate surface area is 124 Å². The highest BCUT2D eigenvalue weighted by molar-refractivity contribution is 5.97. The predicted octanol–water partition coefficient (Wildman–Crippen LogP) is 0.961. The van der Waals surface area contributed by atoms with Gasteiger partial charge in [0.1, 0.15) is 0 Å². The SMILES string of the molecule is COC1CCCN(C(=O)Cc2ccc(/C(N)=N/O)cc2)C1. The predicted molar refractivity (Wildman–Crippen MR) is 79.3 cm³/mol. The first-order chi connectivity index (χ1) is 10.1. The van der Waals surface area contributed by atoms with E-state index in [0.717, 1.165) is 24.9 Å². The third-order valence-electron chi connectivity index (χ3n) is 3.78. The maximum absolute atomic E-state index is 12.3. The molecule has 0 aliphatic carbocycles. The Hall–Kier alpha value is -2.08. The van der Waals surface area contributed by atoms with E-state index >= 15 is 0 Å². The Balaban J connectivity index is 1.96. The average molecular weight is 291 g/mol. The van der Waals surface area contributed by atoms with E-state index in [1.54, 1.807) is 19.2 Å². The van der Waals surface area contributed by atoms with Crippen LogP contribution < -0.4 is 5.73 Å². The summed E-state index contributed by atoms with van der Waals surface area (Å²) in [6, 6.07) is 7.13. The molecule has 1 unspecified atom stereocenters. The number of nitrogens with two attached hydrogens (primary N) is 1. The second kappa shape index (κ2) is 7.08. The zero-order valence-electron chi connectivity index (χ0n) is 12.2. The second-order valence-corrected chi connectivity index (χ2v) is 5.20. The Morgan fingerprint density at radius 2 is 2.19 bits per heavy atom. The minimum absolute atomic E-state index is 0.0619. The Morgan fingerprint density at radius 1 is 1.48 bits per heavy atom. The maximum Gasteiger partial charge on any atom is 0.227 e. The third kappa shape index (κ3) is 3.95. The van der Waals surface area contributed by atoms with Crippen molar-refractivity contribution < 1.29 is 14.7 Å². The lowest BCUT2D eigenvalue weighted by molar-refractivity contribution is -0.134. The van der Waals surface area contributed by atoms with Gasteiger partial charge in [-0.25, -0.2) is 0 Å². The molecule has 1 atom stereocenters. The first-order valence-corrected chi connectivity index (χ1v) is 7.01. The smallest absolute Gasteiger partial charge is 0.227 e. The van der Waals surface area contributed by atoms with Crippen LogP contribution in [0.3, 0.4) is 0 Å². The quantitative estimate of drug-likeness (QED) is 0.374. The molecule has 1 fully saturated rings. The summed E-state index contributed by atoms with van der Waals surface area (Å²) in [6.45, 7) is 1.46. The van der Waals surface area contributed by atoms with Gasteiger partial charge in [0, 0.05) is 25.8 Å². The molecule has 1 aliphatic rings. The summed E-state index contributed by atoms with van der Waals surface area (Å²) in [4.78, 5) is 14.1. The van der Waals surface area contributed by atoms with Crippen LogP contribution in [0.4, 0.5) is 0 Å². The van der Waals surface area contributed by atoms with E-state index in [1.807, 2.05) is 17.0 Å². The van der Waals surface area contributed by atoms with Gasteiger partial charge in [-0.1, -0.05) is 29.4 Å². The zero-order valence-corrected chi connectivity index (χ0v) is 12.2. The van der Waals surface area contributed by atoms with Crippen molar-refractivity contribution in [2.45, 2.75) is 25.4 Å². The molecule has 1 aliphatic heterocycles. The van der Waals surface area contributed by atoms with Gasteiger partial charge < -0.3 is 20.6 Å². The van der Waals surface area contributed by atoms with Gasteiger partial charge in [-0.2, -0.15) is 0 Å². The van der Waals surface area contributed by atoms with E-state index in [2.05, 4.69) is 5.16 Å². The molecule has 0 saturated carbocycles. The Morgan fingerprint density at radius 3 is 2.81 bits per heavy atom. The number of amides is 1. The Bertz CT molecular complexity index is 513. The van der Waals surface area contributed by atoms with Crippen LogP contribution in [0.25, 0.3) is 0 Å². The summed E-state index contributed by atoms with van der Waals surface area (Å²) in [5.41, 5.74) is 7.05. The maximum atomic E-state index is 12.3. The first-order valence-electron chi connectivity index (χ1n) is 7.01. The molecule has 3 N–H and O–H groups in total. The highest BCUT2D eigenvalue weighted by atomic mass is 16.5. The van der Waals surface area contributed by atoms with Crippen LogP contribution in [-0.2, 0) is 16.0 Å². The van der Waals surface area contributed by atoms with Gasteiger partial charge in [-0.15, -0.1) is 0 Å². The van der Waals surface area contributed by atoms with Crippen LogP contribution in [0, 0.1) is 0 Å². The lowest BCUT2D eigenvalue weighted by Crippen LogP contribution is -2.43. The third-order valence-corrected chi connectivity index (χ3v) is 3.78. The number of hydrogen-bond acceptors (Lipinski definition) is 4. The summed E-state index contributed by atoms with van der Waals surface area (Å²) < 4.78 is 5.33. The molecule has 0 radical (unpaired) electrons. The fourth-order valence-corrected chi connectivity index (χ4v) is 2.49. The highest BCUT2D eigenvalue weighted by Crippen LogP contribution is 2.14. The van der Waals surface area contributed by atoms with Crippen molar-refractivity contribution in [3.8, 4) is 0 Å². The van der Waals surface area contributed by atoms with Gasteiger partial charge in [-0.05, 0) is 18.4 Å². The molecule has 114 valence electrons. The fourth-order valence-electron chi connectivity index (χ4n) is 2.49. The number of nitrogens with zero attached hydrogens (tertiary/aromatic N) is 2. The number of benzene rings is 1. The van der Waals surface area contributed by atoms with Crippen molar-refractivity contribution >= 4 is 11.7 Å². The zero-order chi connectivity index (χ0) is 15.2. The van der Waals surface area contributed by atoms with Crippen LogP contribution in [0.2, 0.25) is 0 Å². The minimum Gasteiger partial charge on any atom is -0.409 e. The number of ether oxygens (including phenoxy) is 1. The number of piperidine rings is 1. The van der Waals surface area contributed by atoms with Gasteiger partial charge in [0.15, 0.2) is 5.84 Å². The van der Waals surface area contributed by atoms with E-state index in [0.29, 0.717) is 18.5 Å². The van der Waals surface area contributed by atoms with Crippen LogP contribution in [0.15, 0.2) is 29.4 Å². The van der Waals surface area contributed by atoms with E-state index < -0.39 is 0 Å². The standard InChI is InChI=1S/C15H21N3O3/c1-21-13-3-2-8-18(10-13)14(19)9-11-4-6-12(7-5-11)15(16)17-20/h4-7,13,20H,2-3,8-10H2,1H3,(H2,16,17). The van der Waals surface area contributed by atoms with Crippen molar-refractivity contribution in [3.05, 3.63) is 35.4 Å². The molecule has 0 bridgehead atoms. The molecule has 1 aromatic carbocycles. The highest BCUT2D eigenvalue weighted by Gasteiger charge is 2.23. The molecule has 1 heterocycles. The van der Waals surface area contributed by atoms with Crippen molar-refractivity contribution in [2.24, 2.45) is 10.9 Å². The van der Waals surface area contributed by atoms with Gasteiger partial charge in [0.2, 0.25) is 5.91 Å². The number of oxime groups is 1. The molecule has 1 amide bonds. The number of likely N-dealkylation sites (tertiary alicyclic amines) is 1. The normalized spacial score (nSPS) is 19.6. The summed E-state index contributed by atoms with van der Waals surface area (Å²) in [5, 5.41) is 11.6. The summed E-state index contributed by atoms with van der Waals surface area (Å²) in [5.74, 6) is 0.167. The molecule has 21 heavy (non-hydrogen) atoms. The molecule has 2 rings (SSSR count). The summed E-state index contributed by atoms with van der Waals surface area (Å²) in [6.07, 6.45) is 2.49. The van der Waals surface area contributed by atoms with E-state index in [4.69, 9.17) is 15.7 Å². The molecule has 1 aromatic rings. The van der Waals surface area contributed by atoms with Gasteiger partial charge in [-0.3, -0.25) is 4.79 Å². The van der Waals surface area contributed by atoms with Gasteiger partial charge in [0.25, 0.3) is 0 Å². The average Bonchev–Trinajstić information content (AvgIpc) is 2.54.